The predicted molar refractivity (Wildman–Crippen MR) is 117 cm³/mol. The lowest BCUT2D eigenvalue weighted by molar-refractivity contribution is -0.130. The zero-order valence-corrected chi connectivity index (χ0v) is 18.1. The topological polar surface area (TPSA) is 87.1 Å². The number of carbonyl (C=O) groups is 1. The van der Waals surface area contributed by atoms with Crippen LogP contribution >= 0.6 is 11.6 Å². The molecule has 0 spiro atoms. The van der Waals surface area contributed by atoms with E-state index in [9.17, 15) is 9.59 Å². The van der Waals surface area contributed by atoms with Crippen molar-refractivity contribution in [3.05, 3.63) is 51.4 Å². The van der Waals surface area contributed by atoms with Crippen molar-refractivity contribution in [3.8, 4) is 0 Å². The average molecular weight is 429 g/mol. The van der Waals surface area contributed by atoms with E-state index in [1.807, 2.05) is 42.7 Å². The molecule has 1 fully saturated rings. The molecule has 0 radical (unpaired) electrons. The first-order chi connectivity index (χ1) is 14.2. The lowest BCUT2D eigenvalue weighted by Crippen LogP contribution is -2.50. The van der Waals surface area contributed by atoms with Gasteiger partial charge in [-0.1, -0.05) is 23.7 Å². The molecule has 4 rings (SSSR count). The van der Waals surface area contributed by atoms with Gasteiger partial charge >= 0.3 is 0 Å². The van der Waals surface area contributed by atoms with E-state index in [0.29, 0.717) is 54.6 Å². The van der Waals surface area contributed by atoms with Gasteiger partial charge in [0.05, 0.1) is 18.2 Å². The second-order valence-electron chi connectivity index (χ2n) is 8.53. The minimum absolute atomic E-state index is 0.0830. The van der Waals surface area contributed by atoms with Crippen molar-refractivity contribution in [1.29, 1.82) is 0 Å². The number of halogens is 1. The van der Waals surface area contributed by atoms with Gasteiger partial charge in [-0.25, -0.2) is 4.68 Å². The van der Waals surface area contributed by atoms with Gasteiger partial charge in [0, 0.05) is 31.2 Å². The number of nitrogens with zero attached hydrogens (tertiary/aromatic N) is 5. The first-order valence-corrected chi connectivity index (χ1v) is 10.4. The van der Waals surface area contributed by atoms with Crippen LogP contribution in [0.2, 0.25) is 5.02 Å². The molecule has 1 aromatic carbocycles. The van der Waals surface area contributed by atoms with Crippen molar-refractivity contribution in [1.82, 2.24) is 24.6 Å². The third-order valence-corrected chi connectivity index (χ3v) is 5.51. The molecule has 9 heteroatoms. The van der Waals surface area contributed by atoms with E-state index in [4.69, 9.17) is 11.6 Å². The summed E-state index contributed by atoms with van der Waals surface area (Å²) in [6, 6.07) is 7.34. The van der Waals surface area contributed by atoms with Crippen LogP contribution in [0.5, 0.6) is 0 Å². The van der Waals surface area contributed by atoms with Crippen LogP contribution < -0.4 is 10.5 Å². The Morgan fingerprint density at radius 1 is 1.13 bits per heavy atom. The normalized spacial score (nSPS) is 15.1. The van der Waals surface area contributed by atoms with Crippen LogP contribution in [0.1, 0.15) is 26.3 Å². The van der Waals surface area contributed by atoms with Crippen molar-refractivity contribution in [2.75, 3.05) is 31.1 Å². The number of anilines is 1. The van der Waals surface area contributed by atoms with Crippen LogP contribution in [-0.2, 0) is 16.8 Å². The maximum atomic E-state index is 12.6. The highest BCUT2D eigenvalue weighted by Gasteiger charge is 2.25. The van der Waals surface area contributed by atoms with Crippen molar-refractivity contribution in [2.24, 2.45) is 0 Å². The van der Waals surface area contributed by atoms with Crippen LogP contribution in [0, 0.1) is 0 Å². The van der Waals surface area contributed by atoms with E-state index in [2.05, 4.69) is 15.1 Å². The number of benzene rings is 1. The zero-order valence-electron chi connectivity index (χ0n) is 17.4. The highest BCUT2D eigenvalue weighted by Crippen LogP contribution is 2.20. The highest BCUT2D eigenvalue weighted by molar-refractivity contribution is 6.30. The molecule has 0 bridgehead atoms. The number of hydrogen-bond acceptors (Lipinski definition) is 5. The summed E-state index contributed by atoms with van der Waals surface area (Å²) < 4.78 is 1.77. The SMILES string of the molecule is CC(C)(C)n1ncc2c(=O)[nH]c(N3CCN(C(=O)Cc4ccc(Cl)cc4)CC3)nc21. The number of fused-ring (bicyclic) bond motifs is 1. The molecule has 3 aromatic rings. The average Bonchev–Trinajstić information content (AvgIpc) is 3.15. The molecule has 1 saturated heterocycles. The Hall–Kier alpha value is -2.87. The number of rotatable bonds is 3. The molecule has 0 unspecified atom stereocenters. The maximum absolute atomic E-state index is 12.6. The van der Waals surface area contributed by atoms with Gasteiger partial charge < -0.3 is 9.80 Å². The second-order valence-corrected chi connectivity index (χ2v) is 8.96. The Morgan fingerprint density at radius 2 is 1.80 bits per heavy atom. The van der Waals surface area contributed by atoms with Gasteiger partial charge in [-0.15, -0.1) is 0 Å². The monoisotopic (exact) mass is 428 g/mol. The van der Waals surface area contributed by atoms with Gasteiger partial charge in [-0.05, 0) is 38.5 Å². The van der Waals surface area contributed by atoms with Gasteiger partial charge in [0.25, 0.3) is 5.56 Å². The van der Waals surface area contributed by atoms with E-state index in [-0.39, 0.29) is 17.0 Å². The fourth-order valence-electron chi connectivity index (χ4n) is 3.60. The summed E-state index contributed by atoms with van der Waals surface area (Å²) in [5.74, 6) is 0.600. The van der Waals surface area contributed by atoms with Crippen molar-refractivity contribution >= 4 is 34.5 Å². The maximum Gasteiger partial charge on any atom is 0.263 e. The van der Waals surface area contributed by atoms with E-state index >= 15 is 0 Å². The summed E-state index contributed by atoms with van der Waals surface area (Å²) in [6.07, 6.45) is 1.91. The van der Waals surface area contributed by atoms with Crippen LogP contribution in [0.3, 0.4) is 0 Å². The van der Waals surface area contributed by atoms with Crippen molar-refractivity contribution in [2.45, 2.75) is 32.7 Å². The van der Waals surface area contributed by atoms with E-state index in [0.717, 1.165) is 5.56 Å². The smallest absolute Gasteiger partial charge is 0.263 e. The Labute approximate surface area is 179 Å². The largest absolute Gasteiger partial charge is 0.339 e. The second kappa shape index (κ2) is 7.75. The fourth-order valence-corrected chi connectivity index (χ4v) is 3.73. The minimum atomic E-state index is -0.285. The van der Waals surface area contributed by atoms with Gasteiger partial charge in [0.2, 0.25) is 11.9 Å². The lowest BCUT2D eigenvalue weighted by atomic mass is 10.1. The van der Waals surface area contributed by atoms with Crippen LogP contribution in [-0.4, -0.2) is 56.7 Å². The summed E-state index contributed by atoms with van der Waals surface area (Å²) in [5.41, 5.74) is 1.03. The Bertz CT molecular complexity index is 1120. The molecule has 0 aliphatic carbocycles. The van der Waals surface area contributed by atoms with Gasteiger partial charge in [0.1, 0.15) is 5.39 Å². The number of aromatic amines is 1. The summed E-state index contributed by atoms with van der Waals surface area (Å²) in [4.78, 5) is 36.6. The number of aromatic nitrogens is 4. The van der Waals surface area contributed by atoms with E-state index in [1.54, 1.807) is 23.0 Å². The van der Waals surface area contributed by atoms with Gasteiger partial charge in [0.15, 0.2) is 5.65 Å². The lowest BCUT2D eigenvalue weighted by Gasteiger charge is -2.35. The summed E-state index contributed by atoms with van der Waals surface area (Å²) >= 11 is 5.91. The van der Waals surface area contributed by atoms with Crippen LogP contribution in [0.25, 0.3) is 11.0 Å². The van der Waals surface area contributed by atoms with Crippen LogP contribution in [0.15, 0.2) is 35.3 Å². The first-order valence-electron chi connectivity index (χ1n) is 9.98. The van der Waals surface area contributed by atoms with Crippen LogP contribution in [0.4, 0.5) is 5.95 Å². The fraction of sp³-hybridized carbons (Fsp3) is 0.429. The standard InChI is InChI=1S/C21H25ClN6O2/c1-21(2,3)28-18-16(13-23-28)19(30)25-20(24-18)27-10-8-26(9-11-27)17(29)12-14-4-6-15(22)7-5-14/h4-7,13H,8-12H2,1-3H3,(H,24,25,30). The van der Waals surface area contributed by atoms with Gasteiger partial charge in [-0.2, -0.15) is 10.1 Å². The number of hydrogen-bond donors (Lipinski definition) is 1. The zero-order chi connectivity index (χ0) is 21.5. The van der Waals surface area contributed by atoms with Crippen molar-refractivity contribution in [3.63, 3.8) is 0 Å². The summed E-state index contributed by atoms with van der Waals surface area (Å²) in [6.45, 7) is 8.42. The Balaban J connectivity index is 1.47. The van der Waals surface area contributed by atoms with E-state index in [1.165, 1.54) is 0 Å². The molecule has 30 heavy (non-hydrogen) atoms. The molecular weight excluding hydrogens is 404 g/mol. The third kappa shape index (κ3) is 4.05. The first kappa shape index (κ1) is 20.4. The third-order valence-electron chi connectivity index (χ3n) is 5.26. The molecule has 1 aliphatic heterocycles. The van der Waals surface area contributed by atoms with E-state index < -0.39 is 0 Å². The summed E-state index contributed by atoms with van der Waals surface area (Å²) in [5, 5.41) is 5.48. The predicted octanol–water partition coefficient (Wildman–Crippen LogP) is 2.42. The quantitative estimate of drug-likeness (QED) is 0.692. The molecular formula is C21H25ClN6O2. The Morgan fingerprint density at radius 3 is 2.43 bits per heavy atom. The molecule has 8 nitrogen and oxygen atoms in total. The minimum Gasteiger partial charge on any atom is -0.339 e. The number of piperazine rings is 1. The molecule has 3 heterocycles. The molecule has 158 valence electrons. The number of H-pyrrole nitrogens is 1. The highest BCUT2D eigenvalue weighted by atomic mass is 35.5. The molecule has 1 N–H and O–H groups in total. The molecule has 0 atom stereocenters. The summed E-state index contributed by atoms with van der Waals surface area (Å²) in [7, 11) is 0. The number of nitrogens with one attached hydrogen (secondary N) is 1. The number of carbonyl (C=O) groups excluding carboxylic acids is 1. The molecule has 1 aliphatic rings. The van der Waals surface area contributed by atoms with Crippen molar-refractivity contribution < 1.29 is 4.79 Å². The Kier molecular flexibility index (Phi) is 5.27. The molecule has 2 aromatic heterocycles. The van der Waals surface area contributed by atoms with Gasteiger partial charge in [-0.3, -0.25) is 14.6 Å². The molecule has 1 amide bonds. The number of amides is 1. The molecule has 0 saturated carbocycles.